The number of nitrogens with zero attached hydrogens (tertiary/aromatic N) is 1. The largest absolute Gasteiger partial charge is 0.354 e. The average Bonchev–Trinajstić information content (AvgIpc) is 2.36. The second kappa shape index (κ2) is 5.60. The third-order valence-corrected chi connectivity index (χ3v) is 2.71. The highest BCUT2D eigenvalue weighted by Crippen LogP contribution is 2.14. The number of nitrogens with one attached hydrogen (secondary N) is 1. The normalized spacial score (nSPS) is 10.6. The van der Waals surface area contributed by atoms with Crippen LogP contribution in [0.2, 0.25) is 0 Å². The SMILES string of the molecule is Cc1ccc2nc(CC(=O)NCCN)ccc2c1. The number of aryl methyl sites for hydroxylation is 1. The molecule has 0 saturated carbocycles. The Kier molecular flexibility index (Phi) is 3.89. The molecule has 0 spiro atoms. The summed E-state index contributed by atoms with van der Waals surface area (Å²) in [7, 11) is 0. The Bertz CT molecular complexity index is 566. The molecule has 0 fully saturated rings. The van der Waals surface area contributed by atoms with Crippen LogP contribution in [0.1, 0.15) is 11.3 Å². The zero-order valence-electron chi connectivity index (χ0n) is 10.4. The Morgan fingerprint density at radius 3 is 2.94 bits per heavy atom. The molecule has 1 aromatic carbocycles. The van der Waals surface area contributed by atoms with Gasteiger partial charge in [0.05, 0.1) is 17.6 Å². The molecule has 0 bridgehead atoms. The molecular formula is C14H17N3O. The van der Waals surface area contributed by atoms with Gasteiger partial charge in [0.15, 0.2) is 0 Å². The van der Waals surface area contributed by atoms with Crippen LogP contribution in [0.4, 0.5) is 0 Å². The molecule has 0 aliphatic rings. The number of fused-ring (bicyclic) bond motifs is 1. The zero-order valence-corrected chi connectivity index (χ0v) is 10.4. The lowest BCUT2D eigenvalue weighted by atomic mass is 10.1. The Morgan fingerprint density at radius 1 is 1.33 bits per heavy atom. The summed E-state index contributed by atoms with van der Waals surface area (Å²) in [5.74, 6) is -0.0422. The molecule has 2 aromatic rings. The molecule has 1 heterocycles. The molecule has 4 nitrogen and oxygen atoms in total. The highest BCUT2D eigenvalue weighted by atomic mass is 16.1. The van der Waals surface area contributed by atoms with Crippen molar-refractivity contribution in [1.29, 1.82) is 0 Å². The Balaban J connectivity index is 2.15. The van der Waals surface area contributed by atoms with E-state index in [1.54, 1.807) is 0 Å². The predicted molar refractivity (Wildman–Crippen MR) is 72.2 cm³/mol. The van der Waals surface area contributed by atoms with Crippen LogP contribution in [-0.2, 0) is 11.2 Å². The Morgan fingerprint density at radius 2 is 2.17 bits per heavy atom. The molecule has 1 aromatic heterocycles. The first-order valence-corrected chi connectivity index (χ1v) is 6.02. The van der Waals surface area contributed by atoms with Crippen molar-refractivity contribution < 1.29 is 4.79 Å². The standard InChI is InChI=1S/C14H17N3O/c1-10-2-5-13-11(8-10)3-4-12(17-13)9-14(18)16-7-6-15/h2-5,8H,6-7,9,15H2,1H3,(H,16,18). The summed E-state index contributed by atoms with van der Waals surface area (Å²) in [6.07, 6.45) is 0.295. The minimum absolute atomic E-state index is 0.0422. The van der Waals surface area contributed by atoms with Crippen molar-refractivity contribution in [2.24, 2.45) is 5.73 Å². The quantitative estimate of drug-likeness (QED) is 0.846. The van der Waals surface area contributed by atoms with Gasteiger partial charge >= 0.3 is 0 Å². The lowest BCUT2D eigenvalue weighted by Gasteiger charge is -2.05. The Labute approximate surface area is 106 Å². The monoisotopic (exact) mass is 243 g/mol. The van der Waals surface area contributed by atoms with Crippen LogP contribution >= 0.6 is 0 Å². The van der Waals surface area contributed by atoms with E-state index >= 15 is 0 Å². The summed E-state index contributed by atoms with van der Waals surface area (Å²) < 4.78 is 0. The lowest BCUT2D eigenvalue weighted by Crippen LogP contribution is -2.30. The van der Waals surface area contributed by atoms with Crippen LogP contribution in [0.15, 0.2) is 30.3 Å². The van der Waals surface area contributed by atoms with Crippen LogP contribution in [0.25, 0.3) is 10.9 Å². The number of benzene rings is 1. The maximum absolute atomic E-state index is 11.6. The minimum Gasteiger partial charge on any atom is -0.354 e. The van der Waals surface area contributed by atoms with Crippen molar-refractivity contribution in [3.05, 3.63) is 41.6 Å². The first-order valence-electron chi connectivity index (χ1n) is 6.02. The third kappa shape index (κ3) is 3.05. The van der Waals surface area contributed by atoms with Gasteiger partial charge in [-0.05, 0) is 25.1 Å². The average molecular weight is 243 g/mol. The molecule has 0 saturated heterocycles. The van der Waals surface area contributed by atoms with E-state index in [1.165, 1.54) is 5.56 Å². The summed E-state index contributed by atoms with van der Waals surface area (Å²) in [5, 5.41) is 3.83. The molecule has 18 heavy (non-hydrogen) atoms. The Hall–Kier alpha value is -1.94. The number of aromatic nitrogens is 1. The first kappa shape index (κ1) is 12.5. The van der Waals surface area contributed by atoms with E-state index in [-0.39, 0.29) is 5.91 Å². The number of nitrogens with two attached hydrogens (primary N) is 1. The second-order valence-electron chi connectivity index (χ2n) is 4.31. The van der Waals surface area contributed by atoms with Gasteiger partial charge in [0.1, 0.15) is 0 Å². The van der Waals surface area contributed by atoms with Crippen molar-refractivity contribution in [2.45, 2.75) is 13.3 Å². The second-order valence-corrected chi connectivity index (χ2v) is 4.31. The number of hydrogen-bond acceptors (Lipinski definition) is 3. The third-order valence-electron chi connectivity index (χ3n) is 2.71. The molecular weight excluding hydrogens is 226 g/mol. The molecule has 0 unspecified atom stereocenters. The number of pyridine rings is 1. The van der Waals surface area contributed by atoms with E-state index < -0.39 is 0 Å². The minimum atomic E-state index is -0.0422. The summed E-state index contributed by atoms with van der Waals surface area (Å²) in [6, 6.07) is 9.98. The van der Waals surface area contributed by atoms with Crippen molar-refractivity contribution in [2.75, 3.05) is 13.1 Å². The molecule has 3 N–H and O–H groups in total. The van der Waals surface area contributed by atoms with E-state index in [0.717, 1.165) is 16.6 Å². The van der Waals surface area contributed by atoms with Gasteiger partial charge in [-0.2, -0.15) is 0 Å². The fourth-order valence-electron chi connectivity index (χ4n) is 1.82. The van der Waals surface area contributed by atoms with Crippen LogP contribution < -0.4 is 11.1 Å². The number of hydrogen-bond donors (Lipinski definition) is 2. The van der Waals surface area contributed by atoms with E-state index in [0.29, 0.717) is 19.5 Å². The first-order chi connectivity index (χ1) is 8.69. The van der Waals surface area contributed by atoms with Gasteiger partial charge in [-0.15, -0.1) is 0 Å². The van der Waals surface area contributed by atoms with E-state index in [4.69, 9.17) is 5.73 Å². The summed E-state index contributed by atoms with van der Waals surface area (Å²) in [4.78, 5) is 16.0. The van der Waals surface area contributed by atoms with Gasteiger partial charge in [0.25, 0.3) is 0 Å². The molecule has 0 radical (unpaired) electrons. The van der Waals surface area contributed by atoms with Crippen molar-refractivity contribution in [3.8, 4) is 0 Å². The molecule has 0 aliphatic carbocycles. The van der Waals surface area contributed by atoms with Gasteiger partial charge in [-0.1, -0.05) is 17.7 Å². The topological polar surface area (TPSA) is 68.0 Å². The highest BCUT2D eigenvalue weighted by Gasteiger charge is 2.04. The summed E-state index contributed by atoms with van der Waals surface area (Å²) in [6.45, 7) is 3.01. The molecule has 4 heteroatoms. The molecule has 1 amide bonds. The van der Waals surface area contributed by atoms with Gasteiger partial charge < -0.3 is 11.1 Å². The fraction of sp³-hybridized carbons (Fsp3) is 0.286. The number of rotatable bonds is 4. The van der Waals surface area contributed by atoms with Gasteiger partial charge in [0.2, 0.25) is 5.91 Å². The maximum atomic E-state index is 11.6. The lowest BCUT2D eigenvalue weighted by molar-refractivity contribution is -0.120. The molecule has 94 valence electrons. The van der Waals surface area contributed by atoms with Crippen LogP contribution in [-0.4, -0.2) is 24.0 Å². The fourth-order valence-corrected chi connectivity index (χ4v) is 1.82. The smallest absolute Gasteiger partial charge is 0.226 e. The predicted octanol–water partition coefficient (Wildman–Crippen LogP) is 1.16. The van der Waals surface area contributed by atoms with E-state index in [9.17, 15) is 4.79 Å². The van der Waals surface area contributed by atoms with Crippen LogP contribution in [0.5, 0.6) is 0 Å². The van der Waals surface area contributed by atoms with E-state index in [2.05, 4.69) is 16.4 Å². The molecule has 0 aliphatic heterocycles. The molecule has 0 atom stereocenters. The van der Waals surface area contributed by atoms with Gasteiger partial charge in [-0.3, -0.25) is 9.78 Å². The highest BCUT2D eigenvalue weighted by molar-refractivity contribution is 5.82. The van der Waals surface area contributed by atoms with Crippen LogP contribution in [0.3, 0.4) is 0 Å². The van der Waals surface area contributed by atoms with Crippen molar-refractivity contribution >= 4 is 16.8 Å². The number of amides is 1. The maximum Gasteiger partial charge on any atom is 0.226 e. The van der Waals surface area contributed by atoms with Crippen LogP contribution in [0, 0.1) is 6.92 Å². The number of carbonyl (C=O) groups excluding carboxylic acids is 1. The molecule has 2 rings (SSSR count). The van der Waals surface area contributed by atoms with Gasteiger partial charge in [0, 0.05) is 18.5 Å². The zero-order chi connectivity index (χ0) is 13.0. The number of carbonyl (C=O) groups is 1. The van der Waals surface area contributed by atoms with Gasteiger partial charge in [-0.25, -0.2) is 0 Å². The summed E-state index contributed by atoms with van der Waals surface area (Å²) >= 11 is 0. The van der Waals surface area contributed by atoms with E-state index in [1.807, 2.05) is 31.2 Å². The van der Waals surface area contributed by atoms with Crippen molar-refractivity contribution in [1.82, 2.24) is 10.3 Å². The summed E-state index contributed by atoms with van der Waals surface area (Å²) in [5.41, 5.74) is 8.23. The van der Waals surface area contributed by atoms with Crippen molar-refractivity contribution in [3.63, 3.8) is 0 Å².